The van der Waals surface area contributed by atoms with Gasteiger partial charge in [-0.3, -0.25) is 0 Å². The van der Waals surface area contributed by atoms with Gasteiger partial charge in [0.25, 0.3) is 0 Å². The first kappa shape index (κ1) is 14.5. The predicted molar refractivity (Wildman–Crippen MR) is 85.3 cm³/mol. The monoisotopic (exact) mass is 285 g/mol. The van der Waals surface area contributed by atoms with E-state index in [1.807, 2.05) is 0 Å². The average molecular weight is 285 g/mol. The van der Waals surface area contributed by atoms with Crippen molar-refractivity contribution in [3.63, 3.8) is 0 Å². The van der Waals surface area contributed by atoms with Gasteiger partial charge in [-0.25, -0.2) is 0 Å². The summed E-state index contributed by atoms with van der Waals surface area (Å²) in [6.07, 6.45) is 3.77. The van der Waals surface area contributed by atoms with Crippen LogP contribution in [0.5, 0.6) is 0 Å². The highest BCUT2D eigenvalue weighted by molar-refractivity contribution is 5.83. The third-order valence-corrected chi connectivity index (χ3v) is 4.08. The summed E-state index contributed by atoms with van der Waals surface area (Å²) in [4.78, 5) is 0. The van der Waals surface area contributed by atoms with Crippen LogP contribution < -0.4 is 5.73 Å². The number of nitrogens with two attached hydrogens (primary N) is 1. The molecule has 1 saturated heterocycles. The molecule has 2 unspecified atom stereocenters. The highest BCUT2D eigenvalue weighted by atomic mass is 16.5. The molecule has 0 aromatic heterocycles. The van der Waals surface area contributed by atoms with Gasteiger partial charge in [-0.05, 0) is 41.7 Å². The first-order chi connectivity index (χ1) is 10.3. The lowest BCUT2D eigenvalue weighted by Crippen LogP contribution is -2.26. The van der Waals surface area contributed by atoms with Gasteiger partial charge >= 0.3 is 0 Å². The molecule has 1 fully saturated rings. The fourth-order valence-corrected chi connectivity index (χ4v) is 2.80. The Labute approximate surface area is 126 Å². The van der Waals surface area contributed by atoms with Crippen molar-refractivity contribution in [3.8, 4) is 0 Å². The fourth-order valence-electron chi connectivity index (χ4n) is 2.80. The molecule has 1 heterocycles. The van der Waals surface area contributed by atoms with Gasteiger partial charge in [0, 0.05) is 6.61 Å². The Balaban J connectivity index is 1.54. The Morgan fingerprint density at radius 3 is 2.81 bits per heavy atom. The molecule has 2 aromatic rings. The van der Waals surface area contributed by atoms with E-state index in [1.165, 1.54) is 23.6 Å². The third kappa shape index (κ3) is 3.82. The number of benzene rings is 2. The maximum atomic E-state index is 6.24. The van der Waals surface area contributed by atoms with Gasteiger partial charge in [0.15, 0.2) is 0 Å². The maximum Gasteiger partial charge on any atom is 0.0808 e. The van der Waals surface area contributed by atoms with Gasteiger partial charge in [-0.1, -0.05) is 36.4 Å². The summed E-state index contributed by atoms with van der Waals surface area (Å²) in [5.74, 6) is 0. The first-order valence-corrected chi connectivity index (χ1v) is 7.76. The number of fused-ring (bicyclic) bond motifs is 1. The molecule has 0 spiro atoms. The maximum absolute atomic E-state index is 6.24. The van der Waals surface area contributed by atoms with Crippen LogP contribution in [0.15, 0.2) is 42.5 Å². The standard InChI is InChI=1S/C18H23NO2/c19-18(13-20-12-17-7-3-4-10-21-17)16-9-8-14-5-1-2-6-15(14)11-16/h1-2,5-6,8-9,11,17-18H,3-4,7,10,12-13,19H2. The van der Waals surface area contributed by atoms with E-state index >= 15 is 0 Å². The summed E-state index contributed by atoms with van der Waals surface area (Å²) < 4.78 is 11.4. The van der Waals surface area contributed by atoms with Gasteiger partial charge in [-0.2, -0.15) is 0 Å². The van der Waals surface area contributed by atoms with Crippen molar-refractivity contribution in [1.29, 1.82) is 0 Å². The molecule has 3 nitrogen and oxygen atoms in total. The minimum Gasteiger partial charge on any atom is -0.377 e. The van der Waals surface area contributed by atoms with E-state index in [9.17, 15) is 0 Å². The number of ether oxygens (including phenoxy) is 2. The van der Waals surface area contributed by atoms with Crippen molar-refractivity contribution >= 4 is 10.8 Å². The van der Waals surface area contributed by atoms with Gasteiger partial charge in [-0.15, -0.1) is 0 Å². The van der Waals surface area contributed by atoms with Crippen LogP contribution in [0, 0.1) is 0 Å². The molecule has 3 heteroatoms. The summed E-state index contributed by atoms with van der Waals surface area (Å²) in [5, 5.41) is 2.46. The zero-order valence-electron chi connectivity index (χ0n) is 12.3. The molecule has 1 aliphatic heterocycles. The number of hydrogen-bond donors (Lipinski definition) is 1. The van der Waals surface area contributed by atoms with E-state index < -0.39 is 0 Å². The Hall–Kier alpha value is -1.42. The molecule has 2 N–H and O–H groups in total. The van der Waals surface area contributed by atoms with Crippen molar-refractivity contribution in [2.24, 2.45) is 5.73 Å². The zero-order chi connectivity index (χ0) is 14.5. The lowest BCUT2D eigenvalue weighted by Gasteiger charge is -2.23. The van der Waals surface area contributed by atoms with Crippen molar-refractivity contribution < 1.29 is 9.47 Å². The van der Waals surface area contributed by atoms with E-state index in [0.29, 0.717) is 13.2 Å². The Morgan fingerprint density at radius 2 is 2.00 bits per heavy atom. The van der Waals surface area contributed by atoms with E-state index in [2.05, 4.69) is 42.5 Å². The van der Waals surface area contributed by atoms with E-state index in [0.717, 1.165) is 18.6 Å². The van der Waals surface area contributed by atoms with Crippen molar-refractivity contribution in [2.45, 2.75) is 31.4 Å². The van der Waals surface area contributed by atoms with Gasteiger partial charge < -0.3 is 15.2 Å². The normalized spacial score (nSPS) is 20.5. The molecular weight excluding hydrogens is 262 g/mol. The molecule has 21 heavy (non-hydrogen) atoms. The summed E-state index contributed by atoms with van der Waals surface area (Å²) in [5.41, 5.74) is 7.36. The highest BCUT2D eigenvalue weighted by Crippen LogP contribution is 2.20. The Morgan fingerprint density at radius 1 is 1.14 bits per heavy atom. The first-order valence-electron chi connectivity index (χ1n) is 7.76. The second kappa shape index (κ2) is 7.03. The van der Waals surface area contributed by atoms with Crippen LogP contribution in [0.4, 0.5) is 0 Å². The molecule has 0 saturated carbocycles. The zero-order valence-corrected chi connectivity index (χ0v) is 12.3. The van der Waals surface area contributed by atoms with Crippen LogP contribution >= 0.6 is 0 Å². The van der Waals surface area contributed by atoms with Gasteiger partial charge in [0.05, 0.1) is 25.4 Å². The number of hydrogen-bond acceptors (Lipinski definition) is 3. The lowest BCUT2D eigenvalue weighted by molar-refractivity contribution is -0.0428. The minimum atomic E-state index is -0.0850. The topological polar surface area (TPSA) is 44.5 Å². The molecular formula is C18H23NO2. The summed E-state index contributed by atoms with van der Waals surface area (Å²) in [6, 6.07) is 14.6. The van der Waals surface area contributed by atoms with Crippen molar-refractivity contribution in [2.75, 3.05) is 19.8 Å². The summed E-state index contributed by atoms with van der Waals surface area (Å²) >= 11 is 0. The second-order valence-electron chi connectivity index (χ2n) is 5.74. The average Bonchev–Trinajstić information content (AvgIpc) is 2.55. The molecule has 3 rings (SSSR count). The van der Waals surface area contributed by atoms with Crippen LogP contribution in [0.1, 0.15) is 30.9 Å². The summed E-state index contributed by atoms with van der Waals surface area (Å²) in [7, 11) is 0. The fraction of sp³-hybridized carbons (Fsp3) is 0.444. The Kier molecular flexibility index (Phi) is 4.86. The molecule has 2 aromatic carbocycles. The molecule has 0 aliphatic carbocycles. The smallest absolute Gasteiger partial charge is 0.0808 e. The van der Waals surface area contributed by atoms with Crippen molar-refractivity contribution in [1.82, 2.24) is 0 Å². The van der Waals surface area contributed by atoms with Crippen LogP contribution in [-0.2, 0) is 9.47 Å². The predicted octanol–water partition coefficient (Wildman–Crippen LogP) is 3.43. The largest absolute Gasteiger partial charge is 0.377 e. The van der Waals surface area contributed by atoms with E-state index in [-0.39, 0.29) is 12.1 Å². The minimum absolute atomic E-state index is 0.0850. The van der Waals surface area contributed by atoms with Crippen LogP contribution in [0.2, 0.25) is 0 Å². The van der Waals surface area contributed by atoms with E-state index in [1.54, 1.807) is 0 Å². The SMILES string of the molecule is NC(COCC1CCCCO1)c1ccc2ccccc2c1. The van der Waals surface area contributed by atoms with Gasteiger partial charge in [0.2, 0.25) is 0 Å². The molecule has 0 amide bonds. The highest BCUT2D eigenvalue weighted by Gasteiger charge is 2.15. The van der Waals surface area contributed by atoms with Crippen LogP contribution in [-0.4, -0.2) is 25.9 Å². The molecule has 1 aliphatic rings. The molecule has 2 atom stereocenters. The summed E-state index contributed by atoms with van der Waals surface area (Å²) in [6.45, 7) is 2.06. The molecule has 112 valence electrons. The van der Waals surface area contributed by atoms with Crippen LogP contribution in [0.3, 0.4) is 0 Å². The lowest BCUT2D eigenvalue weighted by atomic mass is 10.0. The quantitative estimate of drug-likeness (QED) is 0.915. The van der Waals surface area contributed by atoms with Gasteiger partial charge in [0.1, 0.15) is 0 Å². The molecule has 0 bridgehead atoms. The second-order valence-corrected chi connectivity index (χ2v) is 5.74. The Bertz CT molecular complexity index is 578. The third-order valence-electron chi connectivity index (χ3n) is 4.08. The molecule has 0 radical (unpaired) electrons. The number of rotatable bonds is 5. The van der Waals surface area contributed by atoms with E-state index in [4.69, 9.17) is 15.2 Å². The van der Waals surface area contributed by atoms with Crippen molar-refractivity contribution in [3.05, 3.63) is 48.0 Å². The van der Waals surface area contributed by atoms with Crippen LogP contribution in [0.25, 0.3) is 10.8 Å².